The first kappa shape index (κ1) is 13.3. The van der Waals surface area contributed by atoms with E-state index in [0.29, 0.717) is 5.82 Å². The third-order valence-corrected chi connectivity index (χ3v) is 3.09. The van der Waals surface area contributed by atoms with Crippen molar-refractivity contribution in [3.05, 3.63) is 41.7 Å². The summed E-state index contributed by atoms with van der Waals surface area (Å²) in [5.41, 5.74) is 8.25. The van der Waals surface area contributed by atoms with Crippen LogP contribution in [0.25, 0.3) is 0 Å². The zero-order valence-electron chi connectivity index (χ0n) is 11.7. The van der Waals surface area contributed by atoms with Gasteiger partial charge >= 0.3 is 0 Å². The fourth-order valence-corrected chi connectivity index (χ4v) is 2.12. The molecule has 2 rings (SSSR count). The average molecular weight is 256 g/mol. The van der Waals surface area contributed by atoms with Gasteiger partial charge in [-0.2, -0.15) is 0 Å². The summed E-state index contributed by atoms with van der Waals surface area (Å²) in [4.78, 5) is 11.0. The Balaban J connectivity index is 2.48. The van der Waals surface area contributed by atoms with Crippen LogP contribution in [0, 0.1) is 6.92 Å². The van der Waals surface area contributed by atoms with Gasteiger partial charge in [-0.3, -0.25) is 0 Å². The lowest BCUT2D eigenvalue weighted by Crippen LogP contribution is -2.19. The van der Waals surface area contributed by atoms with E-state index in [1.165, 1.54) is 5.56 Å². The molecule has 0 saturated carbocycles. The molecule has 4 nitrogen and oxygen atoms in total. The van der Waals surface area contributed by atoms with Crippen molar-refractivity contribution < 1.29 is 0 Å². The van der Waals surface area contributed by atoms with Gasteiger partial charge in [0, 0.05) is 24.7 Å². The second-order valence-corrected chi connectivity index (χ2v) is 4.45. The standard InChI is InChI=1S/C15H20N4/c1-4-14-17-13(16)10-15(18-14)19(5-2)12-9-7-6-8-11(12)3/h6-10H,4-5H2,1-3H3,(H2,16,17,18). The van der Waals surface area contributed by atoms with E-state index in [9.17, 15) is 0 Å². The Morgan fingerprint density at radius 1 is 1.16 bits per heavy atom. The molecule has 0 radical (unpaired) electrons. The zero-order chi connectivity index (χ0) is 13.8. The Kier molecular flexibility index (Phi) is 4.00. The molecule has 4 heteroatoms. The monoisotopic (exact) mass is 256 g/mol. The zero-order valence-corrected chi connectivity index (χ0v) is 11.7. The summed E-state index contributed by atoms with van der Waals surface area (Å²) in [5.74, 6) is 2.16. The first-order chi connectivity index (χ1) is 9.15. The van der Waals surface area contributed by atoms with Crippen molar-refractivity contribution >= 4 is 17.3 Å². The number of rotatable bonds is 4. The third kappa shape index (κ3) is 2.84. The van der Waals surface area contributed by atoms with Gasteiger partial charge in [0.1, 0.15) is 17.5 Å². The van der Waals surface area contributed by atoms with Gasteiger partial charge in [-0.15, -0.1) is 0 Å². The van der Waals surface area contributed by atoms with E-state index in [1.807, 2.05) is 25.1 Å². The Morgan fingerprint density at radius 2 is 1.89 bits per heavy atom. The van der Waals surface area contributed by atoms with Gasteiger partial charge in [0.15, 0.2) is 0 Å². The Labute approximate surface area is 114 Å². The van der Waals surface area contributed by atoms with Crippen molar-refractivity contribution in [2.24, 2.45) is 0 Å². The summed E-state index contributed by atoms with van der Waals surface area (Å²) in [6.07, 6.45) is 0.781. The molecule has 0 bridgehead atoms. The van der Waals surface area contributed by atoms with Crippen LogP contribution in [0.4, 0.5) is 17.3 Å². The van der Waals surface area contributed by atoms with Gasteiger partial charge in [0.25, 0.3) is 0 Å². The molecular formula is C15H20N4. The molecule has 0 amide bonds. The van der Waals surface area contributed by atoms with Crippen molar-refractivity contribution in [3.63, 3.8) is 0 Å². The van der Waals surface area contributed by atoms with Gasteiger partial charge in [-0.1, -0.05) is 25.1 Å². The smallest absolute Gasteiger partial charge is 0.138 e. The van der Waals surface area contributed by atoms with Gasteiger partial charge in [-0.05, 0) is 25.5 Å². The lowest BCUT2D eigenvalue weighted by molar-refractivity contribution is 0.905. The van der Waals surface area contributed by atoms with Crippen LogP contribution in [0.5, 0.6) is 0 Å². The maximum atomic E-state index is 5.87. The first-order valence-corrected chi connectivity index (χ1v) is 6.62. The summed E-state index contributed by atoms with van der Waals surface area (Å²) in [6.45, 7) is 7.08. The topological polar surface area (TPSA) is 55.0 Å². The lowest BCUT2D eigenvalue weighted by Gasteiger charge is -2.24. The highest BCUT2D eigenvalue weighted by Gasteiger charge is 2.12. The van der Waals surface area contributed by atoms with Crippen LogP contribution in [0.3, 0.4) is 0 Å². The number of aryl methyl sites for hydroxylation is 2. The maximum absolute atomic E-state index is 5.87. The molecule has 0 aliphatic heterocycles. The molecule has 100 valence electrons. The van der Waals surface area contributed by atoms with E-state index in [0.717, 1.165) is 30.3 Å². The highest BCUT2D eigenvalue weighted by Crippen LogP contribution is 2.27. The second-order valence-electron chi connectivity index (χ2n) is 4.45. The fraction of sp³-hybridized carbons (Fsp3) is 0.333. The minimum atomic E-state index is 0.522. The van der Waals surface area contributed by atoms with Gasteiger partial charge in [-0.25, -0.2) is 9.97 Å². The Hall–Kier alpha value is -2.10. The number of benzene rings is 1. The molecular weight excluding hydrogens is 236 g/mol. The summed E-state index contributed by atoms with van der Waals surface area (Å²) in [7, 11) is 0. The number of aromatic nitrogens is 2. The molecule has 0 spiro atoms. The third-order valence-electron chi connectivity index (χ3n) is 3.09. The largest absolute Gasteiger partial charge is 0.384 e. The molecule has 0 aliphatic rings. The molecule has 1 aromatic heterocycles. The molecule has 0 atom stereocenters. The van der Waals surface area contributed by atoms with Crippen LogP contribution < -0.4 is 10.6 Å². The van der Waals surface area contributed by atoms with E-state index < -0.39 is 0 Å². The molecule has 0 fully saturated rings. The minimum Gasteiger partial charge on any atom is -0.384 e. The van der Waals surface area contributed by atoms with Crippen molar-refractivity contribution in [1.29, 1.82) is 0 Å². The second kappa shape index (κ2) is 5.69. The molecule has 2 N–H and O–H groups in total. The molecule has 19 heavy (non-hydrogen) atoms. The summed E-state index contributed by atoms with van der Waals surface area (Å²) < 4.78 is 0. The summed E-state index contributed by atoms with van der Waals surface area (Å²) in [5, 5.41) is 0. The van der Waals surface area contributed by atoms with E-state index in [-0.39, 0.29) is 0 Å². The molecule has 0 aliphatic carbocycles. The molecule has 1 aromatic carbocycles. The normalized spacial score (nSPS) is 10.5. The van der Waals surface area contributed by atoms with Crippen molar-refractivity contribution in [2.45, 2.75) is 27.2 Å². The number of nitrogens with two attached hydrogens (primary N) is 1. The van der Waals surface area contributed by atoms with Crippen LogP contribution in [0.15, 0.2) is 30.3 Å². The fourth-order valence-electron chi connectivity index (χ4n) is 2.12. The summed E-state index contributed by atoms with van der Waals surface area (Å²) >= 11 is 0. The number of hydrogen-bond acceptors (Lipinski definition) is 4. The van der Waals surface area contributed by atoms with Crippen LogP contribution in [0.2, 0.25) is 0 Å². The Bertz CT molecular complexity index is 566. The quantitative estimate of drug-likeness (QED) is 0.913. The predicted molar refractivity (Wildman–Crippen MR) is 79.7 cm³/mol. The van der Waals surface area contributed by atoms with E-state index >= 15 is 0 Å². The van der Waals surface area contributed by atoms with Crippen LogP contribution >= 0.6 is 0 Å². The number of para-hydroxylation sites is 1. The van der Waals surface area contributed by atoms with Crippen LogP contribution in [-0.2, 0) is 6.42 Å². The van der Waals surface area contributed by atoms with Crippen molar-refractivity contribution in [3.8, 4) is 0 Å². The number of anilines is 3. The molecule has 2 aromatic rings. The SMILES string of the molecule is CCc1nc(N)cc(N(CC)c2ccccc2C)n1. The molecule has 0 saturated heterocycles. The highest BCUT2D eigenvalue weighted by molar-refractivity contribution is 5.65. The van der Waals surface area contributed by atoms with Crippen LogP contribution in [-0.4, -0.2) is 16.5 Å². The van der Waals surface area contributed by atoms with Crippen LogP contribution in [0.1, 0.15) is 25.2 Å². The highest BCUT2D eigenvalue weighted by atomic mass is 15.2. The Morgan fingerprint density at radius 3 is 2.53 bits per heavy atom. The number of nitrogen functional groups attached to an aromatic ring is 1. The van der Waals surface area contributed by atoms with E-state index in [1.54, 1.807) is 0 Å². The molecule has 0 unspecified atom stereocenters. The summed E-state index contributed by atoms with van der Waals surface area (Å²) in [6, 6.07) is 10.1. The van der Waals surface area contributed by atoms with Gasteiger partial charge in [0.2, 0.25) is 0 Å². The van der Waals surface area contributed by atoms with E-state index in [2.05, 4.69) is 40.8 Å². The maximum Gasteiger partial charge on any atom is 0.138 e. The van der Waals surface area contributed by atoms with E-state index in [4.69, 9.17) is 5.73 Å². The van der Waals surface area contributed by atoms with Crippen molar-refractivity contribution in [1.82, 2.24) is 9.97 Å². The van der Waals surface area contributed by atoms with Crippen molar-refractivity contribution in [2.75, 3.05) is 17.2 Å². The minimum absolute atomic E-state index is 0.522. The number of nitrogens with zero attached hydrogens (tertiary/aromatic N) is 3. The number of hydrogen-bond donors (Lipinski definition) is 1. The average Bonchev–Trinajstić information content (AvgIpc) is 2.41. The predicted octanol–water partition coefficient (Wildman–Crippen LogP) is 3.09. The molecule has 1 heterocycles. The lowest BCUT2D eigenvalue weighted by atomic mass is 10.2. The first-order valence-electron chi connectivity index (χ1n) is 6.62. The van der Waals surface area contributed by atoms with Gasteiger partial charge < -0.3 is 10.6 Å². The van der Waals surface area contributed by atoms with Gasteiger partial charge in [0.05, 0.1) is 0 Å².